The number of nitrogens with zero attached hydrogens (tertiary/aromatic N) is 1. The Bertz CT molecular complexity index is 264. The van der Waals surface area contributed by atoms with Gasteiger partial charge in [-0.1, -0.05) is 19.8 Å². The molecule has 1 saturated carbocycles. The largest absolute Gasteiger partial charge is 0.355 e. The number of carbonyl (C=O) groups is 1. The van der Waals surface area contributed by atoms with Gasteiger partial charge in [0.25, 0.3) is 0 Å². The highest BCUT2D eigenvalue weighted by atomic mass is 16.2. The van der Waals surface area contributed by atoms with E-state index in [0.717, 1.165) is 38.6 Å². The van der Waals surface area contributed by atoms with Crippen LogP contribution in [0.15, 0.2) is 0 Å². The Labute approximate surface area is 110 Å². The normalized spacial score (nSPS) is 30.1. The van der Waals surface area contributed by atoms with E-state index in [1.54, 1.807) is 0 Å². The molecule has 104 valence electrons. The number of piperazine rings is 1. The lowest BCUT2D eigenvalue weighted by atomic mass is 9.82. The van der Waals surface area contributed by atoms with Crippen LogP contribution in [0.4, 0.5) is 0 Å². The van der Waals surface area contributed by atoms with Crippen LogP contribution in [-0.2, 0) is 4.79 Å². The van der Waals surface area contributed by atoms with Gasteiger partial charge in [-0.15, -0.1) is 0 Å². The number of carbonyl (C=O) groups excluding carboxylic acids is 1. The van der Waals surface area contributed by atoms with Gasteiger partial charge >= 0.3 is 0 Å². The standard InChI is InChI=1S/C14H27N3O/c1-12-3-2-4-13(9-12)10-16-14(18)11-17-7-5-15-6-8-17/h12-13,15H,2-11H2,1H3,(H,16,18). The molecule has 4 nitrogen and oxygen atoms in total. The van der Waals surface area contributed by atoms with Crippen molar-refractivity contribution in [1.29, 1.82) is 0 Å². The van der Waals surface area contributed by atoms with E-state index in [0.29, 0.717) is 12.5 Å². The smallest absolute Gasteiger partial charge is 0.234 e. The number of nitrogens with one attached hydrogen (secondary N) is 2. The third-order valence-corrected chi connectivity index (χ3v) is 4.21. The Morgan fingerprint density at radius 3 is 2.83 bits per heavy atom. The molecule has 0 aromatic rings. The second-order valence-electron chi connectivity index (χ2n) is 5.97. The van der Waals surface area contributed by atoms with Gasteiger partial charge in [-0.25, -0.2) is 0 Å². The van der Waals surface area contributed by atoms with Gasteiger partial charge in [-0.05, 0) is 24.7 Å². The lowest BCUT2D eigenvalue weighted by molar-refractivity contribution is -0.122. The molecule has 4 heteroatoms. The molecule has 2 rings (SSSR count). The lowest BCUT2D eigenvalue weighted by Gasteiger charge is -2.28. The van der Waals surface area contributed by atoms with Gasteiger partial charge < -0.3 is 10.6 Å². The number of hydrogen-bond acceptors (Lipinski definition) is 3. The summed E-state index contributed by atoms with van der Waals surface area (Å²) < 4.78 is 0. The van der Waals surface area contributed by atoms with Crippen molar-refractivity contribution >= 4 is 5.91 Å². The Morgan fingerprint density at radius 2 is 2.11 bits per heavy atom. The van der Waals surface area contributed by atoms with E-state index in [1.165, 1.54) is 25.7 Å². The summed E-state index contributed by atoms with van der Waals surface area (Å²) in [6, 6.07) is 0. The van der Waals surface area contributed by atoms with Crippen LogP contribution in [0.5, 0.6) is 0 Å². The molecule has 2 aliphatic rings. The third kappa shape index (κ3) is 4.58. The van der Waals surface area contributed by atoms with E-state index in [-0.39, 0.29) is 5.91 Å². The van der Waals surface area contributed by atoms with Crippen molar-refractivity contribution < 1.29 is 4.79 Å². The maximum atomic E-state index is 11.9. The molecule has 2 fully saturated rings. The highest BCUT2D eigenvalue weighted by Crippen LogP contribution is 2.27. The zero-order chi connectivity index (χ0) is 12.8. The molecule has 0 radical (unpaired) electrons. The van der Waals surface area contributed by atoms with Crippen molar-refractivity contribution in [3.63, 3.8) is 0 Å². The first-order valence-corrected chi connectivity index (χ1v) is 7.44. The summed E-state index contributed by atoms with van der Waals surface area (Å²) in [5, 5.41) is 6.42. The van der Waals surface area contributed by atoms with Crippen LogP contribution in [-0.4, -0.2) is 50.1 Å². The predicted molar refractivity (Wildman–Crippen MR) is 73.4 cm³/mol. The highest BCUT2D eigenvalue weighted by Gasteiger charge is 2.20. The van der Waals surface area contributed by atoms with Gasteiger partial charge in [0.05, 0.1) is 6.54 Å². The maximum absolute atomic E-state index is 11.9. The quantitative estimate of drug-likeness (QED) is 0.780. The van der Waals surface area contributed by atoms with Crippen molar-refractivity contribution in [2.24, 2.45) is 11.8 Å². The summed E-state index contributed by atoms with van der Waals surface area (Å²) in [6.45, 7) is 7.79. The summed E-state index contributed by atoms with van der Waals surface area (Å²) >= 11 is 0. The van der Waals surface area contributed by atoms with Crippen molar-refractivity contribution in [3.05, 3.63) is 0 Å². The van der Waals surface area contributed by atoms with Crippen LogP contribution in [0.3, 0.4) is 0 Å². The minimum atomic E-state index is 0.204. The molecule has 0 aromatic heterocycles. The fraction of sp³-hybridized carbons (Fsp3) is 0.929. The van der Waals surface area contributed by atoms with Crippen LogP contribution in [0.25, 0.3) is 0 Å². The number of hydrogen-bond donors (Lipinski definition) is 2. The van der Waals surface area contributed by atoms with Crippen LogP contribution in [0, 0.1) is 11.8 Å². The van der Waals surface area contributed by atoms with Gasteiger partial charge in [0, 0.05) is 32.7 Å². The summed E-state index contributed by atoms with van der Waals surface area (Å²) in [5.41, 5.74) is 0. The van der Waals surface area contributed by atoms with E-state index in [2.05, 4.69) is 22.5 Å². The van der Waals surface area contributed by atoms with E-state index in [9.17, 15) is 4.79 Å². The summed E-state index contributed by atoms with van der Waals surface area (Å²) in [5.74, 6) is 1.75. The molecule has 1 saturated heterocycles. The van der Waals surface area contributed by atoms with E-state index >= 15 is 0 Å². The third-order valence-electron chi connectivity index (χ3n) is 4.21. The molecule has 2 N–H and O–H groups in total. The minimum absolute atomic E-state index is 0.204. The van der Waals surface area contributed by atoms with E-state index in [4.69, 9.17) is 0 Å². The second kappa shape index (κ2) is 7.10. The average molecular weight is 253 g/mol. The number of rotatable bonds is 4. The monoisotopic (exact) mass is 253 g/mol. The molecule has 2 atom stereocenters. The predicted octanol–water partition coefficient (Wildman–Crippen LogP) is 0.834. The van der Waals surface area contributed by atoms with Gasteiger partial charge in [0.2, 0.25) is 5.91 Å². The van der Waals surface area contributed by atoms with Crippen LogP contribution >= 0.6 is 0 Å². The van der Waals surface area contributed by atoms with Crippen LogP contribution in [0.2, 0.25) is 0 Å². The topological polar surface area (TPSA) is 44.4 Å². The van der Waals surface area contributed by atoms with Gasteiger partial charge in [-0.2, -0.15) is 0 Å². The van der Waals surface area contributed by atoms with Crippen molar-refractivity contribution in [2.75, 3.05) is 39.3 Å². The molecule has 0 aromatic carbocycles. The molecule has 1 aliphatic carbocycles. The first kappa shape index (κ1) is 13.8. The Balaban J connectivity index is 1.61. The zero-order valence-electron chi connectivity index (χ0n) is 11.6. The van der Waals surface area contributed by atoms with Crippen LogP contribution < -0.4 is 10.6 Å². The van der Waals surface area contributed by atoms with Crippen molar-refractivity contribution in [3.8, 4) is 0 Å². The lowest BCUT2D eigenvalue weighted by Crippen LogP contribution is -2.48. The molecule has 18 heavy (non-hydrogen) atoms. The van der Waals surface area contributed by atoms with Crippen LogP contribution in [0.1, 0.15) is 32.6 Å². The molecule has 1 heterocycles. The molecular weight excluding hydrogens is 226 g/mol. The first-order chi connectivity index (χ1) is 8.74. The van der Waals surface area contributed by atoms with Gasteiger partial charge in [0.1, 0.15) is 0 Å². The fourth-order valence-corrected chi connectivity index (χ4v) is 3.13. The Hall–Kier alpha value is -0.610. The molecule has 0 bridgehead atoms. The second-order valence-corrected chi connectivity index (χ2v) is 5.97. The average Bonchev–Trinajstić information content (AvgIpc) is 2.38. The fourth-order valence-electron chi connectivity index (χ4n) is 3.13. The molecular formula is C14H27N3O. The zero-order valence-corrected chi connectivity index (χ0v) is 11.6. The minimum Gasteiger partial charge on any atom is -0.355 e. The van der Waals surface area contributed by atoms with Crippen molar-refractivity contribution in [2.45, 2.75) is 32.6 Å². The Kier molecular flexibility index (Phi) is 5.45. The molecule has 1 amide bonds. The summed E-state index contributed by atoms with van der Waals surface area (Å²) in [4.78, 5) is 14.1. The molecule has 1 aliphatic heterocycles. The Morgan fingerprint density at radius 1 is 1.33 bits per heavy atom. The molecule has 0 spiro atoms. The first-order valence-electron chi connectivity index (χ1n) is 7.44. The van der Waals surface area contributed by atoms with Gasteiger partial charge in [-0.3, -0.25) is 9.69 Å². The van der Waals surface area contributed by atoms with E-state index < -0.39 is 0 Å². The van der Waals surface area contributed by atoms with Crippen molar-refractivity contribution in [1.82, 2.24) is 15.5 Å². The summed E-state index contributed by atoms with van der Waals surface area (Å²) in [6.07, 6.45) is 5.27. The number of amides is 1. The SMILES string of the molecule is CC1CCCC(CNC(=O)CN2CCNCC2)C1. The summed E-state index contributed by atoms with van der Waals surface area (Å²) in [7, 11) is 0. The maximum Gasteiger partial charge on any atom is 0.234 e. The highest BCUT2D eigenvalue weighted by molar-refractivity contribution is 5.78. The van der Waals surface area contributed by atoms with Gasteiger partial charge in [0.15, 0.2) is 0 Å². The van der Waals surface area contributed by atoms with E-state index in [1.807, 2.05) is 0 Å². The molecule has 2 unspecified atom stereocenters.